The van der Waals surface area contributed by atoms with Crippen LogP contribution in [0.3, 0.4) is 0 Å². The highest BCUT2D eigenvalue weighted by molar-refractivity contribution is 6.03. The Kier molecular flexibility index (Phi) is 7.54. The summed E-state index contributed by atoms with van der Waals surface area (Å²) in [6, 6.07) is 13.5. The van der Waals surface area contributed by atoms with Crippen molar-refractivity contribution in [2.24, 2.45) is 0 Å². The lowest BCUT2D eigenvalue weighted by atomic mass is 10.1. The van der Waals surface area contributed by atoms with Gasteiger partial charge in [-0.15, -0.1) is 0 Å². The third kappa shape index (κ3) is 5.61. The molecule has 7 heteroatoms. The number of fused-ring (bicyclic) bond motifs is 1. The minimum atomic E-state index is -0.101. The van der Waals surface area contributed by atoms with E-state index in [0.29, 0.717) is 29.5 Å². The molecule has 0 radical (unpaired) electrons. The van der Waals surface area contributed by atoms with Gasteiger partial charge in [-0.25, -0.2) is 9.97 Å². The molecule has 176 valence electrons. The lowest BCUT2D eigenvalue weighted by Gasteiger charge is -2.06. The van der Waals surface area contributed by atoms with Crippen LogP contribution in [-0.4, -0.2) is 27.4 Å². The van der Waals surface area contributed by atoms with Crippen LogP contribution in [0, 0.1) is 0 Å². The summed E-state index contributed by atoms with van der Waals surface area (Å²) in [7, 11) is 0. The fraction of sp³-hybridized carbons (Fsp3) is 0.296. The predicted octanol–water partition coefficient (Wildman–Crippen LogP) is 6.07. The molecule has 4 aromatic rings. The van der Waals surface area contributed by atoms with E-state index >= 15 is 0 Å². The monoisotopic (exact) mass is 457 g/mol. The molecule has 3 N–H and O–H groups in total. The number of carbonyl (C=O) groups excluding carboxylic acids is 1. The molecule has 0 fully saturated rings. The number of imidazole rings is 1. The first-order valence-electron chi connectivity index (χ1n) is 11.8. The lowest BCUT2D eigenvalue weighted by molar-refractivity contribution is -0.112. The zero-order chi connectivity index (χ0) is 23.9. The van der Waals surface area contributed by atoms with Crippen molar-refractivity contribution in [3.8, 4) is 22.8 Å². The van der Waals surface area contributed by atoms with E-state index in [1.807, 2.05) is 55.5 Å². The van der Waals surface area contributed by atoms with Crippen LogP contribution in [0.25, 0.3) is 33.8 Å². The van der Waals surface area contributed by atoms with Crippen molar-refractivity contribution >= 4 is 22.6 Å². The number of H-pyrrole nitrogens is 1. The summed E-state index contributed by atoms with van der Waals surface area (Å²) < 4.78 is 6.07. The van der Waals surface area contributed by atoms with Gasteiger partial charge in [0.25, 0.3) is 5.91 Å². The molecule has 4 rings (SSSR count). The second-order valence-corrected chi connectivity index (χ2v) is 8.33. The zero-order valence-corrected chi connectivity index (χ0v) is 19.9. The summed E-state index contributed by atoms with van der Waals surface area (Å²) in [6.45, 7) is 7.74. The fourth-order valence-electron chi connectivity index (χ4n) is 3.64. The molecule has 0 unspecified atom stereocenters. The Morgan fingerprint density at radius 2 is 2.00 bits per heavy atom. The van der Waals surface area contributed by atoms with E-state index in [0.717, 1.165) is 53.8 Å². The van der Waals surface area contributed by atoms with Gasteiger partial charge in [0.1, 0.15) is 5.82 Å². The molecule has 2 heterocycles. The van der Waals surface area contributed by atoms with Gasteiger partial charge < -0.3 is 20.0 Å². The first-order chi connectivity index (χ1) is 16.6. The van der Waals surface area contributed by atoms with Crippen LogP contribution >= 0.6 is 0 Å². The fourth-order valence-corrected chi connectivity index (χ4v) is 3.64. The van der Waals surface area contributed by atoms with Gasteiger partial charge in [0.05, 0.1) is 23.8 Å². The average Bonchev–Trinajstić information content (AvgIpc) is 3.49. The highest BCUT2D eigenvalue weighted by atomic mass is 16.4. The molecule has 2 aromatic carbocycles. The van der Waals surface area contributed by atoms with E-state index in [1.165, 1.54) is 0 Å². The third-order valence-corrected chi connectivity index (χ3v) is 5.51. The van der Waals surface area contributed by atoms with Crippen LogP contribution in [0.2, 0.25) is 0 Å². The molecule has 34 heavy (non-hydrogen) atoms. The predicted molar refractivity (Wildman–Crippen MR) is 136 cm³/mol. The van der Waals surface area contributed by atoms with Gasteiger partial charge in [-0.1, -0.05) is 32.4 Å². The number of oxazole rings is 1. The number of carbonyl (C=O) groups is 1. The second-order valence-electron chi connectivity index (χ2n) is 8.33. The number of allylic oxidation sites excluding steroid dienone is 1. The molecule has 0 spiro atoms. The Morgan fingerprint density at radius 3 is 2.82 bits per heavy atom. The van der Waals surface area contributed by atoms with E-state index in [-0.39, 0.29) is 5.91 Å². The maximum absolute atomic E-state index is 12.4. The lowest BCUT2D eigenvalue weighted by Crippen LogP contribution is -2.14. The van der Waals surface area contributed by atoms with Crippen molar-refractivity contribution < 1.29 is 9.21 Å². The Morgan fingerprint density at radius 1 is 1.12 bits per heavy atom. The van der Waals surface area contributed by atoms with Crippen molar-refractivity contribution in [2.75, 3.05) is 11.9 Å². The number of hydrogen-bond donors (Lipinski definition) is 3. The topological polar surface area (TPSA) is 95.8 Å². The normalized spacial score (nSPS) is 11.8. The number of amides is 1. The zero-order valence-electron chi connectivity index (χ0n) is 19.9. The van der Waals surface area contributed by atoms with Crippen molar-refractivity contribution in [2.45, 2.75) is 46.6 Å². The largest absolute Gasteiger partial charge is 0.436 e. The van der Waals surface area contributed by atoms with Crippen LogP contribution in [0.4, 0.5) is 5.69 Å². The molecule has 0 aliphatic heterocycles. The first-order valence-corrected chi connectivity index (χ1v) is 11.8. The van der Waals surface area contributed by atoms with Crippen LogP contribution in [0.1, 0.15) is 45.9 Å². The number of hydrogen-bond acceptors (Lipinski definition) is 5. The molecular weight excluding hydrogens is 426 g/mol. The smallest absolute Gasteiger partial charge is 0.250 e. The van der Waals surface area contributed by atoms with E-state index in [1.54, 1.807) is 6.20 Å². The average molecular weight is 458 g/mol. The number of nitrogens with zero attached hydrogens (tertiary/aromatic N) is 2. The van der Waals surface area contributed by atoms with Crippen LogP contribution in [0.5, 0.6) is 0 Å². The van der Waals surface area contributed by atoms with E-state index in [2.05, 4.69) is 39.4 Å². The van der Waals surface area contributed by atoms with Crippen molar-refractivity contribution in [3.63, 3.8) is 0 Å². The second kappa shape index (κ2) is 10.9. The molecular formula is C27H31N5O2. The maximum Gasteiger partial charge on any atom is 0.250 e. The summed E-state index contributed by atoms with van der Waals surface area (Å²) in [5, 5.41) is 6.31. The number of unbranched alkanes of at least 4 members (excludes halogenated alkanes) is 1. The molecule has 0 bridgehead atoms. The number of anilines is 1. The summed E-state index contributed by atoms with van der Waals surface area (Å²) in [5.41, 5.74) is 5.01. The van der Waals surface area contributed by atoms with E-state index in [4.69, 9.17) is 4.42 Å². The minimum Gasteiger partial charge on any atom is -0.436 e. The van der Waals surface area contributed by atoms with Gasteiger partial charge >= 0.3 is 0 Å². The third-order valence-electron chi connectivity index (χ3n) is 5.51. The quantitative estimate of drug-likeness (QED) is 0.198. The van der Waals surface area contributed by atoms with Crippen molar-refractivity contribution in [1.82, 2.24) is 20.3 Å². The van der Waals surface area contributed by atoms with E-state index in [9.17, 15) is 4.79 Å². The number of aromatic amines is 1. The maximum atomic E-state index is 12.4. The molecule has 0 aliphatic rings. The molecule has 2 aromatic heterocycles. The summed E-state index contributed by atoms with van der Waals surface area (Å²) in [4.78, 5) is 24.9. The van der Waals surface area contributed by atoms with Gasteiger partial charge in [-0.3, -0.25) is 4.79 Å². The first kappa shape index (κ1) is 23.4. The summed E-state index contributed by atoms with van der Waals surface area (Å²) in [6.07, 6.45) is 6.67. The van der Waals surface area contributed by atoms with Crippen LogP contribution < -0.4 is 10.6 Å². The van der Waals surface area contributed by atoms with Gasteiger partial charge in [-0.05, 0) is 62.7 Å². The highest BCUT2D eigenvalue weighted by Crippen LogP contribution is 2.29. The molecule has 0 saturated heterocycles. The molecule has 0 aliphatic carbocycles. The number of nitrogens with one attached hydrogen (secondary N) is 3. The summed E-state index contributed by atoms with van der Waals surface area (Å²) >= 11 is 0. The van der Waals surface area contributed by atoms with Crippen LogP contribution in [0.15, 0.2) is 64.7 Å². The standard InChI is InChI=1S/C27H31N5O2/c1-4-6-8-18(3)26(33)30-21-10-7-9-20(14-21)27-29-16-24(34-27)19-11-12-22-23(15-19)32-25(31-22)17-28-13-5-2/h7-12,14-16,28H,4-6,13,17H2,1-3H3,(H,30,33)(H,31,32)/b18-8+. The molecule has 7 nitrogen and oxygen atoms in total. The van der Waals surface area contributed by atoms with Gasteiger partial charge in [0, 0.05) is 22.4 Å². The van der Waals surface area contributed by atoms with Gasteiger partial charge in [-0.2, -0.15) is 0 Å². The van der Waals surface area contributed by atoms with Gasteiger partial charge in [0.15, 0.2) is 5.76 Å². The molecule has 0 atom stereocenters. The Bertz CT molecular complexity index is 1300. The van der Waals surface area contributed by atoms with Crippen molar-refractivity contribution in [3.05, 3.63) is 66.1 Å². The number of rotatable bonds is 10. The number of aromatic nitrogens is 3. The molecule has 1 amide bonds. The van der Waals surface area contributed by atoms with Gasteiger partial charge in [0.2, 0.25) is 5.89 Å². The number of benzene rings is 2. The van der Waals surface area contributed by atoms with E-state index < -0.39 is 0 Å². The van der Waals surface area contributed by atoms with Crippen molar-refractivity contribution in [1.29, 1.82) is 0 Å². The Hall–Kier alpha value is -3.71. The highest BCUT2D eigenvalue weighted by Gasteiger charge is 2.12. The van der Waals surface area contributed by atoms with Crippen LogP contribution in [-0.2, 0) is 11.3 Å². The minimum absolute atomic E-state index is 0.101. The summed E-state index contributed by atoms with van der Waals surface area (Å²) in [5.74, 6) is 1.98. The Balaban J connectivity index is 1.50. The molecule has 0 saturated carbocycles. The SMILES string of the molecule is CCC/C=C(\C)C(=O)Nc1cccc(-c2ncc(-c3ccc4nc(CNCCC)[nH]c4c3)o2)c1. The Labute approximate surface area is 199 Å².